The second-order valence-electron chi connectivity index (χ2n) is 5.29. The second-order valence-corrected chi connectivity index (χ2v) is 5.29. The molecule has 0 spiro atoms. The van der Waals surface area contributed by atoms with Crippen LogP contribution in [0.5, 0.6) is 5.75 Å². The average Bonchev–Trinajstić information content (AvgIpc) is 2.56. The highest BCUT2D eigenvalue weighted by Gasteiger charge is 2.52. The minimum atomic E-state index is -4.70. The van der Waals surface area contributed by atoms with Crippen molar-refractivity contribution in [2.75, 3.05) is 25.6 Å². The van der Waals surface area contributed by atoms with E-state index in [-0.39, 0.29) is 12.4 Å². The van der Waals surface area contributed by atoms with Gasteiger partial charge in [0.05, 0.1) is 20.3 Å². The Labute approximate surface area is 138 Å². The summed E-state index contributed by atoms with van der Waals surface area (Å²) in [5, 5.41) is 12.2. The number of nitrogens with one attached hydrogen (secondary N) is 1. The van der Waals surface area contributed by atoms with Crippen molar-refractivity contribution in [2.24, 2.45) is 0 Å². The van der Waals surface area contributed by atoms with Gasteiger partial charge in [0.1, 0.15) is 5.75 Å². The van der Waals surface area contributed by atoms with Crippen LogP contribution in [0.4, 0.5) is 18.9 Å². The van der Waals surface area contributed by atoms with Crippen molar-refractivity contribution in [3.8, 4) is 5.75 Å². The van der Waals surface area contributed by atoms with Crippen LogP contribution >= 0.6 is 0 Å². The van der Waals surface area contributed by atoms with Crippen LogP contribution in [0.3, 0.4) is 0 Å². The Kier molecular flexibility index (Phi) is 7.34. The molecule has 136 valence electrons. The van der Waals surface area contributed by atoms with Gasteiger partial charge in [0, 0.05) is 12.1 Å². The number of ether oxygens (including phenoxy) is 2. The van der Waals surface area contributed by atoms with Gasteiger partial charge in [-0.1, -0.05) is 6.92 Å². The summed E-state index contributed by atoms with van der Waals surface area (Å²) in [5.74, 6) is 0.221. The van der Waals surface area contributed by atoms with E-state index >= 15 is 0 Å². The Morgan fingerprint density at radius 2 is 1.88 bits per heavy atom. The maximum atomic E-state index is 12.8. The van der Waals surface area contributed by atoms with Crippen molar-refractivity contribution in [3.63, 3.8) is 0 Å². The van der Waals surface area contributed by atoms with E-state index in [0.29, 0.717) is 24.5 Å². The van der Waals surface area contributed by atoms with Crippen LogP contribution < -0.4 is 10.1 Å². The maximum Gasteiger partial charge on any atom is 0.418 e. The van der Waals surface area contributed by atoms with Gasteiger partial charge in [-0.3, -0.25) is 4.79 Å². The zero-order valence-electron chi connectivity index (χ0n) is 13.7. The topological polar surface area (TPSA) is 67.8 Å². The molecular formula is C16H22F3NO4. The number of esters is 1. The summed E-state index contributed by atoms with van der Waals surface area (Å²) in [5.41, 5.74) is -2.33. The predicted octanol–water partition coefficient (Wildman–Crippen LogP) is 3.13. The van der Waals surface area contributed by atoms with Gasteiger partial charge in [-0.2, -0.15) is 13.2 Å². The Morgan fingerprint density at radius 1 is 1.25 bits per heavy atom. The fourth-order valence-corrected chi connectivity index (χ4v) is 1.85. The third-order valence-electron chi connectivity index (χ3n) is 3.57. The lowest BCUT2D eigenvalue weighted by Crippen LogP contribution is -2.50. The first-order chi connectivity index (χ1) is 11.2. The van der Waals surface area contributed by atoms with Crippen molar-refractivity contribution in [1.82, 2.24) is 0 Å². The van der Waals surface area contributed by atoms with E-state index in [9.17, 15) is 23.1 Å². The predicted molar refractivity (Wildman–Crippen MR) is 83.0 cm³/mol. The summed E-state index contributed by atoms with van der Waals surface area (Å²) in [4.78, 5) is 10.9. The van der Waals surface area contributed by atoms with Gasteiger partial charge >= 0.3 is 12.1 Å². The number of aliphatic hydroxyl groups is 1. The van der Waals surface area contributed by atoms with Crippen LogP contribution in [0.25, 0.3) is 0 Å². The molecule has 0 bridgehead atoms. The van der Waals surface area contributed by atoms with Gasteiger partial charge in [0.25, 0.3) is 0 Å². The standard InChI is InChI=1S/C16H22F3NO4/c1-3-15(22,16(17,18)19)11-20-12-6-8-13(9-7-12)24-10-4-5-14(21)23-2/h6-9,20,22H,3-5,10-11H2,1-2H3. The molecule has 0 saturated carbocycles. The molecule has 0 aliphatic carbocycles. The normalized spacial score (nSPS) is 13.9. The molecule has 1 atom stereocenters. The van der Waals surface area contributed by atoms with E-state index in [1.807, 2.05) is 0 Å². The number of carbonyl (C=O) groups excluding carboxylic acids is 1. The number of anilines is 1. The first-order valence-corrected chi connectivity index (χ1v) is 7.54. The Balaban J connectivity index is 2.46. The van der Waals surface area contributed by atoms with Gasteiger partial charge in [-0.05, 0) is 37.1 Å². The number of halogens is 3. The molecule has 8 heteroatoms. The number of alkyl halides is 3. The Morgan fingerprint density at radius 3 is 2.38 bits per heavy atom. The molecule has 1 unspecified atom stereocenters. The van der Waals surface area contributed by atoms with Gasteiger partial charge in [-0.25, -0.2) is 0 Å². The second kappa shape index (κ2) is 8.77. The SMILES string of the molecule is CCC(O)(CNc1ccc(OCCCC(=O)OC)cc1)C(F)(F)F. The van der Waals surface area contributed by atoms with Crippen molar-refractivity contribution >= 4 is 11.7 Å². The molecule has 1 aromatic carbocycles. The Hall–Kier alpha value is -1.96. The first-order valence-electron chi connectivity index (χ1n) is 7.54. The molecule has 0 fully saturated rings. The van der Waals surface area contributed by atoms with Crippen molar-refractivity contribution in [2.45, 2.75) is 38.0 Å². The molecular weight excluding hydrogens is 327 g/mol. The van der Waals surface area contributed by atoms with E-state index < -0.39 is 24.7 Å². The number of hydrogen-bond acceptors (Lipinski definition) is 5. The molecule has 0 saturated heterocycles. The minimum Gasteiger partial charge on any atom is -0.494 e. The van der Waals surface area contributed by atoms with Gasteiger partial charge in [0.15, 0.2) is 5.60 Å². The highest BCUT2D eigenvalue weighted by molar-refractivity contribution is 5.69. The molecule has 0 radical (unpaired) electrons. The third-order valence-corrected chi connectivity index (χ3v) is 3.57. The quantitative estimate of drug-likeness (QED) is 0.530. The van der Waals surface area contributed by atoms with Crippen LogP contribution in [0.1, 0.15) is 26.2 Å². The molecule has 5 nitrogen and oxygen atoms in total. The molecule has 24 heavy (non-hydrogen) atoms. The van der Waals surface area contributed by atoms with Gasteiger partial charge in [0.2, 0.25) is 0 Å². The molecule has 2 N–H and O–H groups in total. The monoisotopic (exact) mass is 349 g/mol. The minimum absolute atomic E-state index is 0.253. The smallest absolute Gasteiger partial charge is 0.418 e. The molecule has 1 rings (SSSR count). The molecule has 0 aliphatic rings. The van der Waals surface area contributed by atoms with Crippen molar-refractivity contribution in [1.29, 1.82) is 0 Å². The summed E-state index contributed by atoms with van der Waals surface area (Å²) in [7, 11) is 1.31. The van der Waals surface area contributed by atoms with Crippen LogP contribution in [0.15, 0.2) is 24.3 Å². The third kappa shape index (κ3) is 5.92. The summed E-state index contributed by atoms with van der Waals surface area (Å²) in [6.07, 6.45) is -4.38. The lowest BCUT2D eigenvalue weighted by Gasteiger charge is -2.29. The van der Waals surface area contributed by atoms with E-state index in [2.05, 4.69) is 10.1 Å². The number of carbonyl (C=O) groups is 1. The van der Waals surface area contributed by atoms with Crippen LogP contribution in [0, 0.1) is 0 Å². The fraction of sp³-hybridized carbons (Fsp3) is 0.562. The number of methoxy groups -OCH3 is 1. The Bertz CT molecular complexity index is 519. The zero-order chi connectivity index (χ0) is 18.2. The van der Waals surface area contributed by atoms with E-state index in [0.717, 1.165) is 0 Å². The highest BCUT2D eigenvalue weighted by Crippen LogP contribution is 2.33. The lowest BCUT2D eigenvalue weighted by molar-refractivity contribution is -0.255. The summed E-state index contributed by atoms with van der Waals surface area (Å²) < 4.78 is 48.3. The van der Waals surface area contributed by atoms with Crippen molar-refractivity contribution in [3.05, 3.63) is 24.3 Å². The summed E-state index contributed by atoms with van der Waals surface area (Å²) >= 11 is 0. The lowest BCUT2D eigenvalue weighted by atomic mass is 10.00. The van der Waals surface area contributed by atoms with Crippen LogP contribution in [0.2, 0.25) is 0 Å². The number of hydrogen-bond donors (Lipinski definition) is 2. The van der Waals surface area contributed by atoms with E-state index in [1.54, 1.807) is 24.3 Å². The largest absolute Gasteiger partial charge is 0.494 e. The fourth-order valence-electron chi connectivity index (χ4n) is 1.85. The molecule has 0 aliphatic heterocycles. The maximum absolute atomic E-state index is 12.8. The van der Waals surface area contributed by atoms with Gasteiger partial charge < -0.3 is 19.9 Å². The summed E-state index contributed by atoms with van der Waals surface area (Å²) in [6, 6.07) is 6.31. The van der Waals surface area contributed by atoms with Crippen LogP contribution in [-0.2, 0) is 9.53 Å². The van der Waals surface area contributed by atoms with Crippen LogP contribution in [-0.4, -0.2) is 43.1 Å². The average molecular weight is 349 g/mol. The van der Waals surface area contributed by atoms with E-state index in [1.165, 1.54) is 14.0 Å². The highest BCUT2D eigenvalue weighted by atomic mass is 19.4. The molecule has 1 aromatic rings. The van der Waals surface area contributed by atoms with Crippen molar-refractivity contribution < 1.29 is 32.5 Å². The number of rotatable bonds is 9. The summed E-state index contributed by atoms with van der Waals surface area (Å²) in [6.45, 7) is 0.971. The number of benzene rings is 1. The zero-order valence-corrected chi connectivity index (χ0v) is 13.7. The molecule has 0 heterocycles. The first kappa shape index (κ1) is 20.1. The molecule has 0 aromatic heterocycles. The van der Waals surface area contributed by atoms with Gasteiger partial charge in [-0.15, -0.1) is 0 Å². The van der Waals surface area contributed by atoms with E-state index in [4.69, 9.17) is 4.74 Å². The molecule has 0 amide bonds.